The fourth-order valence-electron chi connectivity index (χ4n) is 3.76. The van der Waals surface area contributed by atoms with Crippen LogP contribution in [0.5, 0.6) is 0 Å². The molecule has 0 aliphatic carbocycles. The highest BCUT2D eigenvalue weighted by Crippen LogP contribution is 2.49. The number of rotatable bonds is 0. The van der Waals surface area contributed by atoms with Crippen LogP contribution in [0.2, 0.25) is 0 Å². The van der Waals surface area contributed by atoms with Gasteiger partial charge in [-0.05, 0) is 17.0 Å². The van der Waals surface area contributed by atoms with E-state index in [9.17, 15) is 0 Å². The van der Waals surface area contributed by atoms with Crippen LogP contribution in [0.15, 0.2) is 24.3 Å². The van der Waals surface area contributed by atoms with Gasteiger partial charge in [0.1, 0.15) is 0 Å². The quantitative estimate of drug-likeness (QED) is 0.638. The Balaban J connectivity index is 2.57. The predicted molar refractivity (Wildman–Crippen MR) is 71.1 cm³/mol. The van der Waals surface area contributed by atoms with Crippen molar-refractivity contribution in [1.29, 1.82) is 0 Å². The topological polar surface area (TPSA) is 3.24 Å². The summed E-state index contributed by atoms with van der Waals surface area (Å²) in [6.07, 6.45) is 0. The zero-order chi connectivity index (χ0) is 12.1. The molecule has 0 bridgehead atoms. The van der Waals surface area contributed by atoms with E-state index >= 15 is 0 Å². The summed E-state index contributed by atoms with van der Waals surface area (Å²) in [5.74, 6) is 0. The monoisotopic (exact) mass is 217 g/mol. The largest absolute Gasteiger partial charge is 0.370 e. The molecular formula is C15H23N. The molecule has 1 aliphatic rings. The number of hydrogen-bond acceptors (Lipinski definition) is 1. The van der Waals surface area contributed by atoms with Crippen molar-refractivity contribution in [3.63, 3.8) is 0 Å². The molecule has 1 aliphatic heterocycles. The molecule has 0 saturated carbocycles. The second-order valence-corrected chi connectivity index (χ2v) is 6.62. The predicted octanol–water partition coefficient (Wildman–Crippen LogP) is 3.83. The Morgan fingerprint density at radius 3 is 2.19 bits per heavy atom. The van der Waals surface area contributed by atoms with E-state index in [2.05, 4.69) is 70.8 Å². The van der Waals surface area contributed by atoms with Gasteiger partial charge < -0.3 is 4.90 Å². The fraction of sp³-hybridized carbons (Fsp3) is 0.600. The number of para-hydroxylation sites is 1. The molecule has 0 saturated heterocycles. The molecule has 1 heteroatoms. The number of hydrogen-bond donors (Lipinski definition) is 0. The summed E-state index contributed by atoms with van der Waals surface area (Å²) in [7, 11) is 2.23. The molecule has 1 heterocycles. The molecule has 0 radical (unpaired) electrons. The minimum Gasteiger partial charge on any atom is -0.370 e. The molecule has 1 aromatic rings. The molecule has 0 N–H and O–H groups in total. The van der Waals surface area contributed by atoms with Crippen LogP contribution in [0.4, 0.5) is 5.69 Å². The number of likely N-dealkylation sites (N-methyl/N-ethyl adjacent to an activating group) is 1. The van der Waals surface area contributed by atoms with Crippen LogP contribution in [-0.4, -0.2) is 13.1 Å². The Morgan fingerprint density at radius 2 is 1.69 bits per heavy atom. The van der Waals surface area contributed by atoms with Crippen molar-refractivity contribution >= 4 is 5.69 Å². The first-order chi connectivity index (χ1) is 7.26. The molecule has 1 atom stereocenters. The molecule has 88 valence electrons. The maximum atomic E-state index is 2.45. The summed E-state index contributed by atoms with van der Waals surface area (Å²) in [6, 6.07) is 9.36. The normalized spacial score (nSPS) is 23.4. The highest BCUT2D eigenvalue weighted by Gasteiger charge is 2.48. The lowest BCUT2D eigenvalue weighted by molar-refractivity contribution is 0.236. The van der Waals surface area contributed by atoms with E-state index in [1.165, 1.54) is 11.3 Å². The van der Waals surface area contributed by atoms with E-state index in [0.29, 0.717) is 6.04 Å². The number of benzene rings is 1. The molecule has 1 unspecified atom stereocenters. The van der Waals surface area contributed by atoms with Gasteiger partial charge in [0.25, 0.3) is 0 Å². The van der Waals surface area contributed by atoms with E-state index in [4.69, 9.17) is 0 Å². The highest BCUT2D eigenvalue weighted by molar-refractivity contribution is 5.63. The SMILES string of the molecule is CN1c2ccccc2C(C)(C)C1C(C)(C)C. The van der Waals surface area contributed by atoms with Gasteiger partial charge in [0.15, 0.2) is 0 Å². The summed E-state index contributed by atoms with van der Waals surface area (Å²) in [5.41, 5.74) is 3.39. The maximum Gasteiger partial charge on any atom is 0.0427 e. The Hall–Kier alpha value is -0.980. The van der Waals surface area contributed by atoms with Gasteiger partial charge in [0.05, 0.1) is 0 Å². The average molecular weight is 217 g/mol. The van der Waals surface area contributed by atoms with Crippen molar-refractivity contribution in [2.75, 3.05) is 11.9 Å². The summed E-state index contributed by atoms with van der Waals surface area (Å²) >= 11 is 0. The van der Waals surface area contributed by atoms with Crippen LogP contribution in [0.25, 0.3) is 0 Å². The molecule has 0 fully saturated rings. The molecule has 1 aromatic carbocycles. The summed E-state index contributed by atoms with van der Waals surface area (Å²) in [6.45, 7) is 11.7. The third kappa shape index (κ3) is 1.45. The standard InChI is InChI=1S/C15H23N/c1-14(2,3)13-15(4,5)11-9-7-8-10-12(11)16(13)6/h7-10,13H,1-6H3. The van der Waals surface area contributed by atoms with Crippen LogP contribution in [0.1, 0.15) is 40.2 Å². The van der Waals surface area contributed by atoms with Gasteiger partial charge in [0, 0.05) is 24.2 Å². The first kappa shape index (κ1) is 11.5. The molecule has 16 heavy (non-hydrogen) atoms. The smallest absolute Gasteiger partial charge is 0.0427 e. The van der Waals surface area contributed by atoms with E-state index in [0.717, 1.165) is 0 Å². The Morgan fingerprint density at radius 1 is 1.12 bits per heavy atom. The van der Waals surface area contributed by atoms with E-state index in [1.54, 1.807) is 0 Å². The highest BCUT2D eigenvalue weighted by atomic mass is 15.2. The Labute approximate surface area is 99.5 Å². The van der Waals surface area contributed by atoms with Crippen LogP contribution in [-0.2, 0) is 5.41 Å². The van der Waals surface area contributed by atoms with E-state index in [1.807, 2.05) is 0 Å². The van der Waals surface area contributed by atoms with Gasteiger partial charge in [-0.3, -0.25) is 0 Å². The second-order valence-electron chi connectivity index (χ2n) is 6.62. The lowest BCUT2D eigenvalue weighted by Gasteiger charge is -2.42. The minimum absolute atomic E-state index is 0.226. The molecule has 0 amide bonds. The molecule has 2 rings (SSSR count). The minimum atomic E-state index is 0.226. The lowest BCUT2D eigenvalue weighted by atomic mass is 9.70. The maximum absolute atomic E-state index is 2.45. The first-order valence-electron chi connectivity index (χ1n) is 6.08. The zero-order valence-corrected chi connectivity index (χ0v) is 11.3. The van der Waals surface area contributed by atoms with Crippen molar-refractivity contribution in [3.05, 3.63) is 29.8 Å². The van der Waals surface area contributed by atoms with E-state index in [-0.39, 0.29) is 10.8 Å². The number of anilines is 1. The van der Waals surface area contributed by atoms with Gasteiger partial charge in [-0.1, -0.05) is 52.8 Å². The van der Waals surface area contributed by atoms with Crippen molar-refractivity contribution in [2.45, 2.75) is 46.1 Å². The van der Waals surface area contributed by atoms with Crippen molar-refractivity contribution in [1.82, 2.24) is 0 Å². The Kier molecular flexibility index (Phi) is 2.34. The molecule has 1 nitrogen and oxygen atoms in total. The zero-order valence-electron chi connectivity index (χ0n) is 11.3. The van der Waals surface area contributed by atoms with Crippen LogP contribution in [0.3, 0.4) is 0 Å². The average Bonchev–Trinajstić information content (AvgIpc) is 2.34. The number of fused-ring (bicyclic) bond motifs is 1. The van der Waals surface area contributed by atoms with Gasteiger partial charge in [-0.2, -0.15) is 0 Å². The van der Waals surface area contributed by atoms with Gasteiger partial charge in [-0.25, -0.2) is 0 Å². The van der Waals surface area contributed by atoms with Gasteiger partial charge in [0.2, 0.25) is 0 Å². The van der Waals surface area contributed by atoms with Crippen LogP contribution in [0, 0.1) is 5.41 Å². The fourth-order valence-corrected chi connectivity index (χ4v) is 3.76. The van der Waals surface area contributed by atoms with Crippen molar-refractivity contribution in [2.24, 2.45) is 5.41 Å². The van der Waals surface area contributed by atoms with Gasteiger partial charge in [-0.15, -0.1) is 0 Å². The third-order valence-corrected chi connectivity index (χ3v) is 3.87. The summed E-state index contributed by atoms with van der Waals surface area (Å²) < 4.78 is 0. The molecule has 0 aromatic heterocycles. The third-order valence-electron chi connectivity index (χ3n) is 3.87. The Bertz CT molecular complexity index is 398. The molecule has 0 spiro atoms. The van der Waals surface area contributed by atoms with Crippen LogP contribution < -0.4 is 4.90 Å². The first-order valence-corrected chi connectivity index (χ1v) is 6.08. The van der Waals surface area contributed by atoms with Gasteiger partial charge >= 0.3 is 0 Å². The second kappa shape index (κ2) is 3.26. The lowest BCUT2D eigenvalue weighted by Crippen LogP contribution is -2.48. The summed E-state index contributed by atoms with van der Waals surface area (Å²) in [5, 5.41) is 0. The van der Waals surface area contributed by atoms with E-state index < -0.39 is 0 Å². The van der Waals surface area contributed by atoms with Crippen molar-refractivity contribution < 1.29 is 0 Å². The molecular weight excluding hydrogens is 194 g/mol. The van der Waals surface area contributed by atoms with Crippen LogP contribution >= 0.6 is 0 Å². The number of nitrogens with zero attached hydrogens (tertiary/aromatic N) is 1. The van der Waals surface area contributed by atoms with Crippen molar-refractivity contribution in [3.8, 4) is 0 Å². The summed E-state index contributed by atoms with van der Waals surface area (Å²) in [4.78, 5) is 2.45.